The number of benzene rings is 2. The van der Waals surface area contributed by atoms with Crippen LogP contribution in [0.15, 0.2) is 51.7 Å². The molecule has 144 valence electrons. The Bertz CT molecular complexity index is 1180. The number of para-hydroxylation sites is 1. The highest BCUT2D eigenvalue weighted by Gasteiger charge is 2.21. The van der Waals surface area contributed by atoms with Crippen molar-refractivity contribution >= 4 is 47.1 Å². The van der Waals surface area contributed by atoms with Crippen LogP contribution in [0.25, 0.3) is 10.2 Å². The van der Waals surface area contributed by atoms with E-state index in [2.05, 4.69) is 9.71 Å². The van der Waals surface area contributed by atoms with Crippen LogP contribution in [0.4, 0.5) is 5.69 Å². The number of anilines is 1. The summed E-state index contributed by atoms with van der Waals surface area (Å²) in [7, 11) is -5.89. The van der Waals surface area contributed by atoms with E-state index in [9.17, 15) is 16.8 Å². The van der Waals surface area contributed by atoms with Gasteiger partial charge in [0.05, 0.1) is 28.8 Å². The van der Waals surface area contributed by atoms with Crippen molar-refractivity contribution in [3.8, 4) is 5.75 Å². The van der Waals surface area contributed by atoms with E-state index >= 15 is 0 Å². The second-order valence-corrected chi connectivity index (χ2v) is 10.7. The van der Waals surface area contributed by atoms with Crippen LogP contribution in [-0.2, 0) is 19.9 Å². The molecular weight excluding hydrogens is 408 g/mol. The van der Waals surface area contributed by atoms with E-state index in [0.29, 0.717) is 22.3 Å². The average Bonchev–Trinajstić information content (AvgIpc) is 3.05. The minimum atomic E-state index is -3.86. The standard InChI is InChI=1S/C17H18N2O5S3/c1-3-10-26(20,21)17-18-13-9-8-12(11-15(13)25-17)19-27(22,23)16-7-5-4-6-14(16)24-2/h4-9,11,19H,3,10H2,1-2H3. The maximum Gasteiger partial charge on any atom is 0.265 e. The number of rotatable bonds is 7. The summed E-state index contributed by atoms with van der Waals surface area (Å²) in [5.41, 5.74) is 0.825. The highest BCUT2D eigenvalue weighted by Crippen LogP contribution is 2.30. The molecule has 10 heteroatoms. The van der Waals surface area contributed by atoms with Crippen LogP contribution < -0.4 is 9.46 Å². The molecule has 0 saturated heterocycles. The Kier molecular flexibility index (Phi) is 5.41. The number of nitrogens with zero attached hydrogens (tertiary/aromatic N) is 1. The van der Waals surface area contributed by atoms with Crippen molar-refractivity contribution in [2.75, 3.05) is 17.6 Å². The number of thiazole rings is 1. The Balaban J connectivity index is 1.96. The van der Waals surface area contributed by atoms with Crippen LogP contribution in [-0.4, -0.2) is 34.7 Å². The van der Waals surface area contributed by atoms with Crippen LogP contribution in [0.3, 0.4) is 0 Å². The Hall–Kier alpha value is -2.17. The van der Waals surface area contributed by atoms with Gasteiger partial charge in [-0.1, -0.05) is 19.1 Å². The summed E-state index contributed by atoms with van der Waals surface area (Å²) >= 11 is 1.03. The van der Waals surface area contributed by atoms with Crippen molar-refractivity contribution in [1.82, 2.24) is 4.98 Å². The summed E-state index contributed by atoms with van der Waals surface area (Å²) in [5, 5.41) is 0. The minimum absolute atomic E-state index is 0.0168. The maximum atomic E-state index is 12.7. The summed E-state index contributed by atoms with van der Waals surface area (Å²) < 4.78 is 58.0. The number of hydrogen-bond donors (Lipinski definition) is 1. The van der Waals surface area contributed by atoms with Gasteiger partial charge in [-0.25, -0.2) is 21.8 Å². The van der Waals surface area contributed by atoms with Crippen molar-refractivity contribution in [2.45, 2.75) is 22.6 Å². The van der Waals surface area contributed by atoms with Gasteiger partial charge in [0, 0.05) is 0 Å². The van der Waals surface area contributed by atoms with Crippen molar-refractivity contribution in [3.63, 3.8) is 0 Å². The molecule has 0 atom stereocenters. The molecule has 0 amide bonds. The number of sulfone groups is 1. The van der Waals surface area contributed by atoms with Gasteiger partial charge in [-0.15, -0.1) is 11.3 Å². The smallest absolute Gasteiger partial charge is 0.265 e. The van der Waals surface area contributed by atoms with Crippen molar-refractivity contribution in [2.24, 2.45) is 0 Å². The molecule has 1 N–H and O–H groups in total. The molecule has 1 aromatic heterocycles. The first kappa shape index (κ1) is 19.6. The second-order valence-electron chi connectivity index (χ2n) is 5.74. The zero-order valence-corrected chi connectivity index (χ0v) is 17.1. The molecule has 7 nitrogen and oxygen atoms in total. The lowest BCUT2D eigenvalue weighted by atomic mass is 10.3. The summed E-state index contributed by atoms with van der Waals surface area (Å²) in [5.74, 6) is 0.261. The third-order valence-electron chi connectivity index (χ3n) is 3.72. The molecule has 0 bridgehead atoms. The molecule has 0 fully saturated rings. The molecule has 0 saturated carbocycles. The lowest BCUT2D eigenvalue weighted by Crippen LogP contribution is -2.13. The molecule has 0 aliphatic rings. The fraction of sp³-hybridized carbons (Fsp3) is 0.235. The molecule has 2 aromatic carbocycles. The molecule has 3 rings (SSSR count). The lowest BCUT2D eigenvalue weighted by Gasteiger charge is -2.11. The van der Waals surface area contributed by atoms with E-state index < -0.39 is 19.9 Å². The zero-order valence-electron chi connectivity index (χ0n) is 14.7. The monoisotopic (exact) mass is 426 g/mol. The van der Waals surface area contributed by atoms with Crippen LogP contribution in [0, 0.1) is 0 Å². The number of nitrogens with one attached hydrogen (secondary N) is 1. The predicted molar refractivity (Wildman–Crippen MR) is 106 cm³/mol. The van der Waals surface area contributed by atoms with Crippen molar-refractivity contribution in [3.05, 3.63) is 42.5 Å². The third kappa shape index (κ3) is 4.07. The maximum absolute atomic E-state index is 12.7. The van der Waals surface area contributed by atoms with E-state index in [0.717, 1.165) is 11.3 Å². The lowest BCUT2D eigenvalue weighted by molar-refractivity contribution is 0.403. The second kappa shape index (κ2) is 7.45. The Labute approximate surface area is 162 Å². The number of ether oxygens (including phenoxy) is 1. The van der Waals surface area contributed by atoms with Gasteiger partial charge in [-0.2, -0.15) is 0 Å². The van der Waals surface area contributed by atoms with Gasteiger partial charge in [-0.3, -0.25) is 4.72 Å². The van der Waals surface area contributed by atoms with Gasteiger partial charge in [0.2, 0.25) is 14.2 Å². The van der Waals surface area contributed by atoms with E-state index in [1.54, 1.807) is 43.3 Å². The van der Waals surface area contributed by atoms with Gasteiger partial charge in [0.25, 0.3) is 10.0 Å². The molecule has 3 aromatic rings. The summed E-state index contributed by atoms with van der Waals surface area (Å²) in [6.07, 6.45) is 0.502. The normalized spacial score (nSPS) is 12.2. The Morgan fingerprint density at radius 1 is 1.11 bits per heavy atom. The topological polar surface area (TPSA) is 102 Å². The molecular formula is C17H18N2O5S3. The third-order valence-corrected chi connectivity index (χ3v) is 8.53. The zero-order chi connectivity index (χ0) is 19.7. The fourth-order valence-corrected chi connectivity index (χ4v) is 6.44. The van der Waals surface area contributed by atoms with Crippen LogP contribution in [0.5, 0.6) is 5.75 Å². The molecule has 1 heterocycles. The summed E-state index contributed by atoms with van der Waals surface area (Å²) in [6.45, 7) is 1.79. The van der Waals surface area contributed by atoms with Gasteiger partial charge < -0.3 is 4.74 Å². The van der Waals surface area contributed by atoms with Gasteiger partial charge in [-0.05, 0) is 36.8 Å². The quantitative estimate of drug-likeness (QED) is 0.622. The molecule has 0 aliphatic carbocycles. The molecule has 0 radical (unpaired) electrons. The SMILES string of the molecule is CCCS(=O)(=O)c1nc2ccc(NS(=O)(=O)c3ccccc3OC)cc2s1. The van der Waals surface area contributed by atoms with Gasteiger partial charge in [0.1, 0.15) is 10.6 Å². The average molecular weight is 427 g/mol. The Morgan fingerprint density at radius 2 is 1.85 bits per heavy atom. The molecule has 0 unspecified atom stereocenters. The Morgan fingerprint density at radius 3 is 2.56 bits per heavy atom. The van der Waals surface area contributed by atoms with E-state index in [-0.39, 0.29) is 20.7 Å². The first-order valence-corrected chi connectivity index (χ1v) is 12.0. The van der Waals surface area contributed by atoms with Crippen LogP contribution in [0.1, 0.15) is 13.3 Å². The number of aromatic nitrogens is 1. The number of fused-ring (bicyclic) bond motifs is 1. The predicted octanol–water partition coefficient (Wildman–Crippen LogP) is 3.29. The van der Waals surface area contributed by atoms with E-state index in [4.69, 9.17) is 4.74 Å². The van der Waals surface area contributed by atoms with Crippen LogP contribution >= 0.6 is 11.3 Å². The van der Waals surface area contributed by atoms with Gasteiger partial charge >= 0.3 is 0 Å². The largest absolute Gasteiger partial charge is 0.495 e. The number of hydrogen-bond acceptors (Lipinski definition) is 7. The first-order valence-electron chi connectivity index (χ1n) is 8.06. The fourth-order valence-electron chi connectivity index (χ4n) is 2.51. The van der Waals surface area contributed by atoms with E-state index in [1.165, 1.54) is 13.2 Å². The highest BCUT2D eigenvalue weighted by atomic mass is 32.2. The molecule has 27 heavy (non-hydrogen) atoms. The number of sulfonamides is 1. The van der Waals surface area contributed by atoms with E-state index in [1.807, 2.05) is 0 Å². The minimum Gasteiger partial charge on any atom is -0.495 e. The number of methoxy groups -OCH3 is 1. The summed E-state index contributed by atoms with van der Waals surface area (Å²) in [4.78, 5) is 4.18. The molecule has 0 aliphatic heterocycles. The van der Waals surface area contributed by atoms with Crippen molar-refractivity contribution < 1.29 is 21.6 Å². The van der Waals surface area contributed by atoms with Crippen LogP contribution in [0.2, 0.25) is 0 Å². The molecule has 0 spiro atoms. The summed E-state index contributed by atoms with van der Waals surface area (Å²) in [6, 6.07) is 11.0. The highest BCUT2D eigenvalue weighted by molar-refractivity contribution is 7.93. The van der Waals surface area contributed by atoms with Crippen molar-refractivity contribution in [1.29, 1.82) is 0 Å². The first-order chi connectivity index (χ1) is 12.8. The van der Waals surface area contributed by atoms with Gasteiger partial charge in [0.15, 0.2) is 0 Å².